The molecule has 7 nitrogen and oxygen atoms in total. The predicted molar refractivity (Wildman–Crippen MR) is 121 cm³/mol. The average Bonchev–Trinajstić information content (AvgIpc) is 3.14. The van der Waals surface area contributed by atoms with Crippen molar-refractivity contribution in [2.45, 2.75) is 0 Å². The fourth-order valence-electron chi connectivity index (χ4n) is 2.76. The van der Waals surface area contributed by atoms with Crippen LogP contribution in [0, 0.1) is 5.82 Å². The van der Waals surface area contributed by atoms with Crippen molar-refractivity contribution in [2.24, 2.45) is 4.99 Å². The molecule has 0 unspecified atom stereocenters. The van der Waals surface area contributed by atoms with E-state index in [1.165, 1.54) is 37.1 Å². The number of pyridine rings is 1. The first kappa shape index (κ1) is 21.3. The Morgan fingerprint density at radius 2 is 1.88 bits per heavy atom. The second-order valence-electron chi connectivity index (χ2n) is 6.59. The van der Waals surface area contributed by atoms with E-state index in [1.807, 2.05) is 0 Å². The molecular formula is C23H17FN4O3S. The molecule has 2 amide bonds. The van der Waals surface area contributed by atoms with Crippen LogP contribution in [0.4, 0.5) is 10.1 Å². The van der Waals surface area contributed by atoms with Gasteiger partial charge in [-0.15, -0.1) is 0 Å². The van der Waals surface area contributed by atoms with Crippen molar-refractivity contribution in [2.75, 3.05) is 7.05 Å². The van der Waals surface area contributed by atoms with Gasteiger partial charge >= 0.3 is 0 Å². The molecule has 1 fully saturated rings. The first-order valence-corrected chi connectivity index (χ1v) is 10.3. The van der Waals surface area contributed by atoms with Gasteiger partial charge < -0.3 is 15.4 Å². The molecule has 3 aromatic rings. The normalized spacial score (nSPS) is 15.6. The second kappa shape index (κ2) is 9.44. The SMILES string of the molecule is CNC(=O)c1cc(Oc2ccc(N=C3NC(=O)/C(=C/c4ccc(F)cc4)S3)cc2)ccn1. The smallest absolute Gasteiger partial charge is 0.269 e. The Kier molecular flexibility index (Phi) is 6.27. The van der Waals surface area contributed by atoms with E-state index < -0.39 is 0 Å². The molecule has 1 aromatic heterocycles. The molecule has 4 rings (SSSR count). The third kappa shape index (κ3) is 5.19. The van der Waals surface area contributed by atoms with Crippen LogP contribution in [0.1, 0.15) is 16.1 Å². The number of thioether (sulfide) groups is 1. The number of nitrogens with zero attached hydrogens (tertiary/aromatic N) is 2. The van der Waals surface area contributed by atoms with Crippen LogP contribution in [0.2, 0.25) is 0 Å². The summed E-state index contributed by atoms with van der Waals surface area (Å²) in [7, 11) is 1.53. The van der Waals surface area contributed by atoms with E-state index in [4.69, 9.17) is 4.74 Å². The topological polar surface area (TPSA) is 92.7 Å². The molecule has 2 heterocycles. The number of hydrogen-bond acceptors (Lipinski definition) is 6. The number of carbonyl (C=O) groups excluding carboxylic acids is 2. The number of benzene rings is 2. The van der Waals surface area contributed by atoms with E-state index in [1.54, 1.807) is 54.6 Å². The lowest BCUT2D eigenvalue weighted by Gasteiger charge is -2.07. The third-order valence-electron chi connectivity index (χ3n) is 4.31. The molecule has 1 saturated heterocycles. The van der Waals surface area contributed by atoms with Gasteiger partial charge in [0.25, 0.3) is 11.8 Å². The van der Waals surface area contributed by atoms with E-state index in [0.29, 0.717) is 27.3 Å². The zero-order chi connectivity index (χ0) is 22.5. The summed E-state index contributed by atoms with van der Waals surface area (Å²) < 4.78 is 18.8. The summed E-state index contributed by atoms with van der Waals surface area (Å²) in [4.78, 5) is 32.8. The zero-order valence-electron chi connectivity index (χ0n) is 16.8. The Morgan fingerprint density at radius 1 is 1.12 bits per heavy atom. The number of aliphatic imine (C=N–C) groups is 1. The van der Waals surface area contributed by atoms with Crippen LogP contribution in [0.15, 0.2) is 76.8 Å². The van der Waals surface area contributed by atoms with Gasteiger partial charge in [0.15, 0.2) is 5.17 Å². The van der Waals surface area contributed by atoms with Gasteiger partial charge in [0.05, 0.1) is 10.6 Å². The van der Waals surface area contributed by atoms with Gasteiger partial charge in [0.2, 0.25) is 0 Å². The van der Waals surface area contributed by atoms with Gasteiger partial charge in [-0.2, -0.15) is 0 Å². The van der Waals surface area contributed by atoms with Gasteiger partial charge in [0, 0.05) is 19.3 Å². The molecule has 32 heavy (non-hydrogen) atoms. The minimum Gasteiger partial charge on any atom is -0.457 e. The summed E-state index contributed by atoms with van der Waals surface area (Å²) in [5.41, 5.74) is 1.61. The van der Waals surface area contributed by atoms with Gasteiger partial charge in [0.1, 0.15) is 23.0 Å². The van der Waals surface area contributed by atoms with Gasteiger partial charge in [-0.05, 0) is 65.9 Å². The Labute approximate surface area is 187 Å². The van der Waals surface area contributed by atoms with Crippen LogP contribution in [-0.4, -0.2) is 29.0 Å². The lowest BCUT2D eigenvalue weighted by atomic mass is 10.2. The summed E-state index contributed by atoms with van der Waals surface area (Å²) in [6, 6.07) is 16.0. The summed E-state index contributed by atoms with van der Waals surface area (Å²) in [6.45, 7) is 0. The van der Waals surface area contributed by atoms with Crippen LogP contribution in [0.3, 0.4) is 0 Å². The molecule has 0 atom stereocenters. The fraction of sp³-hybridized carbons (Fsp3) is 0.0435. The number of carbonyl (C=O) groups is 2. The van der Waals surface area contributed by atoms with Gasteiger partial charge in [-0.1, -0.05) is 12.1 Å². The maximum atomic E-state index is 13.0. The number of nitrogens with one attached hydrogen (secondary N) is 2. The molecule has 9 heteroatoms. The Bertz CT molecular complexity index is 1220. The number of aromatic nitrogens is 1. The van der Waals surface area contributed by atoms with Crippen LogP contribution in [-0.2, 0) is 4.79 Å². The molecule has 1 aliphatic rings. The molecule has 0 radical (unpaired) electrons. The number of hydrogen-bond donors (Lipinski definition) is 2. The Balaban J connectivity index is 1.44. The van der Waals surface area contributed by atoms with Crippen LogP contribution >= 0.6 is 11.8 Å². The molecule has 1 aliphatic heterocycles. The van der Waals surface area contributed by atoms with Crippen molar-refractivity contribution >= 4 is 40.5 Å². The molecule has 2 aromatic carbocycles. The summed E-state index contributed by atoms with van der Waals surface area (Å²) >= 11 is 1.21. The van der Waals surface area contributed by atoms with E-state index in [-0.39, 0.29) is 23.3 Å². The predicted octanol–water partition coefficient (Wildman–Crippen LogP) is 4.26. The van der Waals surface area contributed by atoms with Crippen molar-refractivity contribution in [1.29, 1.82) is 0 Å². The molecule has 2 N–H and O–H groups in total. The minimum atomic E-state index is -0.332. The highest BCUT2D eigenvalue weighted by atomic mass is 32.2. The molecule has 160 valence electrons. The van der Waals surface area contributed by atoms with Crippen molar-refractivity contribution in [1.82, 2.24) is 15.6 Å². The second-order valence-corrected chi connectivity index (χ2v) is 7.62. The van der Waals surface area contributed by atoms with Crippen molar-refractivity contribution in [3.63, 3.8) is 0 Å². The average molecular weight is 448 g/mol. The van der Waals surface area contributed by atoms with Crippen LogP contribution in [0.5, 0.6) is 11.5 Å². The maximum absolute atomic E-state index is 13.0. The van der Waals surface area contributed by atoms with Crippen LogP contribution < -0.4 is 15.4 Å². The number of amides is 2. The van der Waals surface area contributed by atoms with E-state index in [0.717, 1.165) is 5.56 Å². The van der Waals surface area contributed by atoms with Crippen LogP contribution in [0.25, 0.3) is 6.08 Å². The van der Waals surface area contributed by atoms with Crippen molar-refractivity contribution < 1.29 is 18.7 Å². The quantitative estimate of drug-likeness (QED) is 0.569. The highest BCUT2D eigenvalue weighted by Crippen LogP contribution is 2.29. The standard InChI is InChI=1S/C23H17FN4O3S/c1-25-21(29)19-13-18(10-11-26-19)31-17-8-6-16(7-9-17)27-23-28-22(30)20(32-23)12-14-2-4-15(24)5-3-14/h2-13H,1H3,(H,25,29)(H,27,28,30)/b20-12-. The van der Waals surface area contributed by atoms with E-state index in [2.05, 4.69) is 20.6 Å². The third-order valence-corrected chi connectivity index (χ3v) is 5.22. The van der Waals surface area contributed by atoms with Gasteiger partial charge in [-0.3, -0.25) is 14.6 Å². The fourth-order valence-corrected chi connectivity index (χ4v) is 3.60. The monoisotopic (exact) mass is 448 g/mol. The minimum absolute atomic E-state index is 0.256. The van der Waals surface area contributed by atoms with Crippen molar-refractivity contribution in [3.05, 3.63) is 88.8 Å². The summed E-state index contributed by atoms with van der Waals surface area (Å²) in [5.74, 6) is 0.143. The molecular weight excluding hydrogens is 431 g/mol. The van der Waals surface area contributed by atoms with Gasteiger partial charge in [-0.25, -0.2) is 9.38 Å². The molecule has 0 bridgehead atoms. The summed E-state index contributed by atoms with van der Waals surface area (Å²) in [5, 5.41) is 5.68. The first-order chi connectivity index (χ1) is 15.5. The maximum Gasteiger partial charge on any atom is 0.269 e. The largest absolute Gasteiger partial charge is 0.457 e. The highest BCUT2D eigenvalue weighted by molar-refractivity contribution is 8.18. The van der Waals surface area contributed by atoms with E-state index >= 15 is 0 Å². The molecule has 0 aliphatic carbocycles. The highest BCUT2D eigenvalue weighted by Gasteiger charge is 2.23. The zero-order valence-corrected chi connectivity index (χ0v) is 17.7. The summed E-state index contributed by atoms with van der Waals surface area (Å²) in [6.07, 6.45) is 3.18. The number of ether oxygens (including phenoxy) is 1. The molecule has 0 saturated carbocycles. The number of amidine groups is 1. The Hall–Kier alpha value is -3.98. The first-order valence-electron chi connectivity index (χ1n) is 9.51. The lowest BCUT2D eigenvalue weighted by Crippen LogP contribution is -2.19. The van der Waals surface area contributed by atoms with Crippen molar-refractivity contribution in [3.8, 4) is 11.5 Å². The number of rotatable bonds is 5. The molecule has 0 spiro atoms. The van der Waals surface area contributed by atoms with E-state index in [9.17, 15) is 14.0 Å². The Morgan fingerprint density at radius 3 is 2.59 bits per heavy atom. The lowest BCUT2D eigenvalue weighted by molar-refractivity contribution is -0.115. The number of halogens is 1.